The first-order valence-electron chi connectivity index (χ1n) is 6.84. The maximum atomic E-state index is 14.2. The van der Waals surface area contributed by atoms with E-state index in [2.05, 4.69) is 14.2 Å². The Morgan fingerprint density at radius 2 is 1.83 bits per heavy atom. The summed E-state index contributed by atoms with van der Waals surface area (Å²) in [6, 6.07) is 6.95. The van der Waals surface area contributed by atoms with Gasteiger partial charge in [0.15, 0.2) is 5.71 Å². The van der Waals surface area contributed by atoms with Gasteiger partial charge in [-0.05, 0) is 13.3 Å². The van der Waals surface area contributed by atoms with E-state index in [1.165, 1.54) is 31.2 Å². The number of carbonyl (C=O) groups excluding carboxylic acids is 1. The quantitative estimate of drug-likeness (QED) is 0.409. The summed E-state index contributed by atoms with van der Waals surface area (Å²) in [6.07, 6.45) is 0.229. The van der Waals surface area contributed by atoms with E-state index in [0.717, 1.165) is 0 Å². The molecule has 1 aromatic rings. The van der Waals surface area contributed by atoms with Crippen LogP contribution in [0.2, 0.25) is 0 Å². The van der Waals surface area contributed by atoms with Crippen LogP contribution in [-0.2, 0) is 23.9 Å². The van der Waals surface area contributed by atoms with Gasteiger partial charge in [0.2, 0.25) is 0 Å². The molecule has 128 valence electrons. The number of alkyl halides is 2. The molecule has 0 fully saturated rings. The molecule has 23 heavy (non-hydrogen) atoms. The van der Waals surface area contributed by atoms with Crippen molar-refractivity contribution in [2.24, 2.45) is 5.16 Å². The Bertz CT molecular complexity index is 659. The molecule has 9 heteroatoms. The molecule has 0 amide bonds. The predicted molar refractivity (Wildman–Crippen MR) is 79.7 cm³/mol. The summed E-state index contributed by atoms with van der Waals surface area (Å²) in [5.41, 5.74) is -1.28. The zero-order valence-corrected chi connectivity index (χ0v) is 13.5. The average Bonchev–Trinajstić information content (AvgIpc) is 2.48. The van der Waals surface area contributed by atoms with Gasteiger partial charge in [0.25, 0.3) is 0 Å². The molecule has 1 rings (SSSR count). The van der Waals surface area contributed by atoms with Crippen molar-refractivity contribution in [3.8, 4) is 0 Å². The van der Waals surface area contributed by atoms with Crippen molar-refractivity contribution in [3.05, 3.63) is 35.9 Å². The molecular weight excluding hydrogens is 332 g/mol. The molecule has 0 aliphatic heterocycles. The molecule has 0 spiro atoms. The second kappa shape index (κ2) is 8.00. The number of hydrogen-bond acceptors (Lipinski definition) is 6. The lowest BCUT2D eigenvalue weighted by atomic mass is 10.0. The number of benzene rings is 1. The highest BCUT2D eigenvalue weighted by Gasteiger charge is 2.48. The van der Waals surface area contributed by atoms with Crippen LogP contribution in [0.15, 0.2) is 35.5 Å². The fraction of sp³-hybridized carbons (Fsp3) is 0.429. The lowest BCUT2D eigenvalue weighted by Crippen LogP contribution is -2.40. The van der Waals surface area contributed by atoms with E-state index in [1.807, 2.05) is 0 Å². The fourth-order valence-corrected chi connectivity index (χ4v) is 2.35. The minimum absolute atomic E-state index is 0.155. The first-order valence-corrected chi connectivity index (χ1v) is 8.42. The molecule has 0 heterocycles. The Kier molecular flexibility index (Phi) is 6.62. The van der Waals surface area contributed by atoms with Crippen molar-refractivity contribution in [1.82, 2.24) is 0 Å². The van der Waals surface area contributed by atoms with Crippen LogP contribution in [0.1, 0.15) is 25.8 Å². The van der Waals surface area contributed by atoms with E-state index in [9.17, 15) is 22.0 Å². The van der Waals surface area contributed by atoms with Crippen molar-refractivity contribution in [2.75, 3.05) is 12.4 Å². The lowest BCUT2D eigenvalue weighted by Gasteiger charge is -2.16. The monoisotopic (exact) mass is 349 g/mol. The smallest absolute Gasteiger partial charge is 0.388 e. The van der Waals surface area contributed by atoms with Crippen LogP contribution in [-0.4, -0.2) is 38.4 Å². The Balaban J connectivity index is 3.26. The normalized spacial score (nSPS) is 12.8. The summed E-state index contributed by atoms with van der Waals surface area (Å²) < 4.78 is 60.1. The third-order valence-electron chi connectivity index (χ3n) is 2.57. The molecule has 0 N–H and O–H groups in total. The molecule has 0 bridgehead atoms. The molecule has 0 saturated heterocycles. The van der Waals surface area contributed by atoms with E-state index < -0.39 is 27.7 Å². The van der Waals surface area contributed by atoms with Gasteiger partial charge in [-0.3, -0.25) is 4.28 Å². The van der Waals surface area contributed by atoms with Crippen molar-refractivity contribution in [1.29, 1.82) is 0 Å². The van der Waals surface area contributed by atoms with Crippen molar-refractivity contribution >= 4 is 21.8 Å². The second-order valence-electron chi connectivity index (χ2n) is 4.44. The highest BCUT2D eigenvalue weighted by Crippen LogP contribution is 2.24. The van der Waals surface area contributed by atoms with Gasteiger partial charge in [-0.2, -0.15) is 17.2 Å². The summed E-state index contributed by atoms with van der Waals surface area (Å²) >= 11 is 0. The fourth-order valence-electron chi connectivity index (χ4n) is 1.59. The number of rotatable bonds is 8. The number of halogens is 2. The van der Waals surface area contributed by atoms with Gasteiger partial charge >= 0.3 is 22.0 Å². The first-order chi connectivity index (χ1) is 10.7. The summed E-state index contributed by atoms with van der Waals surface area (Å²) in [5, 5.41) is 3.04. The molecule has 6 nitrogen and oxygen atoms in total. The summed E-state index contributed by atoms with van der Waals surface area (Å²) in [7, 11) is -4.11. The van der Waals surface area contributed by atoms with E-state index in [1.54, 1.807) is 13.0 Å². The molecule has 0 unspecified atom stereocenters. The van der Waals surface area contributed by atoms with Gasteiger partial charge in [-0.15, -0.1) is 0 Å². The molecular formula is C14H17F2NO5S. The molecule has 0 saturated carbocycles. The summed E-state index contributed by atoms with van der Waals surface area (Å²) in [5.74, 6) is -6.37. The van der Waals surface area contributed by atoms with Gasteiger partial charge in [0.05, 0.1) is 12.4 Å². The standard InChI is InChI=1S/C14H17F2NO5S/c1-3-10-23(19,20)22-17-12(11-8-6-5-7-9-11)14(15,16)13(18)21-4-2/h5-9H,3-4,10H2,1-2H3. The Morgan fingerprint density at radius 1 is 1.22 bits per heavy atom. The Labute approximate surface area is 133 Å². The number of ether oxygens (including phenoxy) is 1. The average molecular weight is 349 g/mol. The maximum Gasteiger partial charge on any atom is 0.388 e. The Morgan fingerprint density at radius 3 is 2.35 bits per heavy atom. The van der Waals surface area contributed by atoms with Crippen LogP contribution in [0.3, 0.4) is 0 Å². The highest BCUT2D eigenvalue weighted by molar-refractivity contribution is 7.86. The van der Waals surface area contributed by atoms with E-state index in [4.69, 9.17) is 0 Å². The van der Waals surface area contributed by atoms with Gasteiger partial charge in [-0.1, -0.05) is 42.4 Å². The first kappa shape index (κ1) is 19.0. The molecule has 1 aromatic carbocycles. The lowest BCUT2D eigenvalue weighted by molar-refractivity contribution is -0.162. The minimum atomic E-state index is -4.15. The van der Waals surface area contributed by atoms with Crippen LogP contribution < -0.4 is 0 Å². The number of carbonyl (C=O) groups is 1. The molecule has 0 atom stereocenters. The predicted octanol–water partition coefficient (Wildman–Crippen LogP) is 2.35. The minimum Gasteiger partial charge on any atom is -0.461 e. The Hall–Kier alpha value is -2.03. The molecule has 0 aliphatic carbocycles. The summed E-state index contributed by atoms with van der Waals surface area (Å²) in [6.45, 7) is 2.69. The van der Waals surface area contributed by atoms with Crippen LogP contribution >= 0.6 is 0 Å². The second-order valence-corrected chi connectivity index (χ2v) is 6.11. The zero-order chi connectivity index (χ0) is 17.5. The molecule has 0 radical (unpaired) electrons. The van der Waals surface area contributed by atoms with Gasteiger partial charge in [-0.25, -0.2) is 4.79 Å². The maximum absolute atomic E-state index is 14.2. The van der Waals surface area contributed by atoms with Crippen molar-refractivity contribution < 1.29 is 31.0 Å². The number of hydrogen-bond donors (Lipinski definition) is 0. The summed E-state index contributed by atoms with van der Waals surface area (Å²) in [4.78, 5) is 11.5. The van der Waals surface area contributed by atoms with Crippen LogP contribution in [0.4, 0.5) is 8.78 Å². The number of nitrogens with zero attached hydrogens (tertiary/aromatic N) is 1. The van der Waals surface area contributed by atoms with E-state index in [0.29, 0.717) is 0 Å². The third-order valence-corrected chi connectivity index (χ3v) is 3.78. The molecule has 0 aromatic heterocycles. The van der Waals surface area contributed by atoms with E-state index >= 15 is 0 Å². The van der Waals surface area contributed by atoms with Crippen molar-refractivity contribution in [2.45, 2.75) is 26.2 Å². The van der Waals surface area contributed by atoms with Gasteiger partial charge in [0.1, 0.15) is 0 Å². The highest BCUT2D eigenvalue weighted by atomic mass is 32.2. The van der Waals surface area contributed by atoms with Gasteiger partial charge < -0.3 is 4.74 Å². The van der Waals surface area contributed by atoms with Crippen LogP contribution in [0.25, 0.3) is 0 Å². The van der Waals surface area contributed by atoms with Crippen LogP contribution in [0.5, 0.6) is 0 Å². The topological polar surface area (TPSA) is 82.0 Å². The number of oxime groups is 1. The van der Waals surface area contributed by atoms with Crippen LogP contribution in [0, 0.1) is 0 Å². The third kappa shape index (κ3) is 5.27. The largest absolute Gasteiger partial charge is 0.461 e. The van der Waals surface area contributed by atoms with Crippen molar-refractivity contribution in [3.63, 3.8) is 0 Å². The van der Waals surface area contributed by atoms with Gasteiger partial charge in [0, 0.05) is 5.56 Å². The number of esters is 1. The SMILES string of the molecule is CCCS(=O)(=O)ON=C(c1ccccc1)C(F)(F)C(=O)OCC. The zero-order valence-electron chi connectivity index (χ0n) is 12.7. The molecule has 0 aliphatic rings. The van der Waals surface area contributed by atoms with E-state index in [-0.39, 0.29) is 24.3 Å².